The molecule has 2 heterocycles. The van der Waals surface area contributed by atoms with Crippen LogP contribution in [0.25, 0.3) is 0 Å². The Hall–Kier alpha value is -1.58. The number of rotatable bonds is 3. The van der Waals surface area contributed by atoms with Crippen LogP contribution < -0.4 is 4.90 Å². The number of ether oxygens (including phenoxy) is 1. The predicted molar refractivity (Wildman–Crippen MR) is 70.8 cm³/mol. The fourth-order valence-corrected chi connectivity index (χ4v) is 2.54. The van der Waals surface area contributed by atoms with E-state index >= 15 is 0 Å². The third-order valence-corrected chi connectivity index (χ3v) is 3.41. The van der Waals surface area contributed by atoms with Crippen molar-refractivity contribution in [2.75, 3.05) is 25.1 Å². The number of carbonyl (C=O) groups excluding carboxylic acids is 1. The van der Waals surface area contributed by atoms with E-state index < -0.39 is 0 Å². The van der Waals surface area contributed by atoms with E-state index in [0.717, 1.165) is 24.2 Å². The number of esters is 1. The fraction of sp³-hybridized carbons (Fsp3) is 0.571. The summed E-state index contributed by atoms with van der Waals surface area (Å²) >= 11 is 0. The van der Waals surface area contributed by atoms with Crippen LogP contribution in [-0.2, 0) is 16.0 Å². The molecule has 1 fully saturated rings. The van der Waals surface area contributed by atoms with Gasteiger partial charge in [-0.1, -0.05) is 0 Å². The molecular weight excluding hydrogens is 228 g/mol. The number of hydrogen-bond acceptors (Lipinski definition) is 4. The molecule has 4 heteroatoms. The van der Waals surface area contributed by atoms with Crippen LogP contribution in [-0.4, -0.2) is 31.2 Å². The molecule has 0 radical (unpaired) electrons. The van der Waals surface area contributed by atoms with Crippen molar-refractivity contribution in [1.29, 1.82) is 0 Å². The van der Waals surface area contributed by atoms with Crippen LogP contribution in [0.3, 0.4) is 0 Å². The van der Waals surface area contributed by atoms with Crippen molar-refractivity contribution in [3.05, 3.63) is 23.5 Å². The number of methoxy groups -OCH3 is 1. The lowest BCUT2D eigenvalue weighted by Crippen LogP contribution is -2.31. The molecule has 2 rings (SSSR count). The molecule has 4 nitrogen and oxygen atoms in total. The first-order chi connectivity index (χ1) is 8.72. The lowest BCUT2D eigenvalue weighted by atomic mass is 10.0. The first-order valence-electron chi connectivity index (χ1n) is 6.47. The van der Waals surface area contributed by atoms with Gasteiger partial charge < -0.3 is 9.64 Å². The van der Waals surface area contributed by atoms with Gasteiger partial charge in [0.05, 0.1) is 13.5 Å². The third-order valence-electron chi connectivity index (χ3n) is 3.41. The monoisotopic (exact) mass is 248 g/mol. The van der Waals surface area contributed by atoms with Gasteiger partial charge in [-0.25, -0.2) is 0 Å². The lowest BCUT2D eigenvalue weighted by molar-refractivity contribution is -0.139. The van der Waals surface area contributed by atoms with Crippen LogP contribution in [0.5, 0.6) is 0 Å². The highest BCUT2D eigenvalue weighted by Gasteiger charge is 2.18. The molecule has 18 heavy (non-hydrogen) atoms. The van der Waals surface area contributed by atoms with Gasteiger partial charge in [0.2, 0.25) is 0 Å². The minimum absolute atomic E-state index is 0.208. The summed E-state index contributed by atoms with van der Waals surface area (Å²) in [7, 11) is 1.42. The number of anilines is 1. The average molecular weight is 248 g/mol. The second kappa shape index (κ2) is 5.85. The Balaban J connectivity index is 2.28. The van der Waals surface area contributed by atoms with Crippen molar-refractivity contribution in [2.24, 2.45) is 0 Å². The van der Waals surface area contributed by atoms with Crippen molar-refractivity contribution in [3.8, 4) is 0 Å². The van der Waals surface area contributed by atoms with Gasteiger partial charge in [0.15, 0.2) is 0 Å². The van der Waals surface area contributed by atoms with E-state index in [1.54, 1.807) is 6.20 Å². The summed E-state index contributed by atoms with van der Waals surface area (Å²) in [5, 5.41) is 0. The van der Waals surface area contributed by atoms with Crippen molar-refractivity contribution < 1.29 is 9.53 Å². The molecule has 1 aromatic heterocycles. The molecule has 0 unspecified atom stereocenters. The molecule has 0 aromatic carbocycles. The Kier molecular flexibility index (Phi) is 4.18. The summed E-state index contributed by atoms with van der Waals surface area (Å²) in [6.45, 7) is 4.19. The van der Waals surface area contributed by atoms with Crippen LogP contribution in [0.15, 0.2) is 12.4 Å². The maximum Gasteiger partial charge on any atom is 0.310 e. The second-order valence-corrected chi connectivity index (χ2v) is 4.76. The highest BCUT2D eigenvalue weighted by molar-refractivity contribution is 5.76. The lowest BCUT2D eigenvalue weighted by Gasteiger charge is -2.31. The molecule has 1 saturated heterocycles. The molecule has 0 saturated carbocycles. The van der Waals surface area contributed by atoms with Crippen molar-refractivity contribution in [3.63, 3.8) is 0 Å². The summed E-state index contributed by atoms with van der Waals surface area (Å²) in [6, 6.07) is 0. The summed E-state index contributed by atoms with van der Waals surface area (Å²) in [4.78, 5) is 18.0. The van der Waals surface area contributed by atoms with Crippen molar-refractivity contribution >= 4 is 11.7 Å². The standard InChI is InChI=1S/C14H20N2O2/c1-11-9-15-10-12(8-13(17)18-2)14(11)16-6-4-3-5-7-16/h9-10H,3-8H2,1-2H3. The summed E-state index contributed by atoms with van der Waals surface area (Å²) in [6.07, 6.45) is 7.70. The number of pyridine rings is 1. The molecule has 1 aliphatic rings. The Labute approximate surface area is 108 Å². The molecule has 0 atom stereocenters. The van der Waals surface area contributed by atoms with Gasteiger partial charge in [0.25, 0.3) is 0 Å². The largest absolute Gasteiger partial charge is 0.469 e. The Morgan fingerprint density at radius 3 is 2.72 bits per heavy atom. The Bertz CT molecular complexity index is 426. The van der Waals surface area contributed by atoms with E-state index in [-0.39, 0.29) is 5.97 Å². The molecule has 1 aliphatic heterocycles. The highest BCUT2D eigenvalue weighted by Crippen LogP contribution is 2.27. The summed E-state index contributed by atoms with van der Waals surface area (Å²) < 4.78 is 4.75. The van der Waals surface area contributed by atoms with Gasteiger partial charge >= 0.3 is 5.97 Å². The second-order valence-electron chi connectivity index (χ2n) is 4.76. The zero-order valence-corrected chi connectivity index (χ0v) is 11.1. The summed E-state index contributed by atoms with van der Waals surface area (Å²) in [5.74, 6) is -0.208. The maximum absolute atomic E-state index is 11.5. The van der Waals surface area contributed by atoms with Gasteiger partial charge in [-0.15, -0.1) is 0 Å². The first-order valence-corrected chi connectivity index (χ1v) is 6.47. The molecule has 98 valence electrons. The predicted octanol–water partition coefficient (Wildman–Crippen LogP) is 2.10. The minimum Gasteiger partial charge on any atom is -0.469 e. The van der Waals surface area contributed by atoms with Gasteiger partial charge in [-0.2, -0.15) is 0 Å². The maximum atomic E-state index is 11.5. The number of hydrogen-bond donors (Lipinski definition) is 0. The van der Waals surface area contributed by atoms with Gasteiger partial charge in [-0.05, 0) is 31.7 Å². The number of carbonyl (C=O) groups is 1. The first kappa shape index (κ1) is 12.9. The van der Waals surface area contributed by atoms with Gasteiger partial charge in [0.1, 0.15) is 0 Å². The van der Waals surface area contributed by atoms with Gasteiger partial charge in [0, 0.05) is 36.7 Å². The molecule has 0 spiro atoms. The normalized spacial score (nSPS) is 15.6. The third kappa shape index (κ3) is 2.81. The summed E-state index contributed by atoms with van der Waals surface area (Å²) in [5.41, 5.74) is 3.29. The Morgan fingerprint density at radius 2 is 2.06 bits per heavy atom. The minimum atomic E-state index is -0.208. The number of aromatic nitrogens is 1. The van der Waals surface area contributed by atoms with E-state index in [1.807, 2.05) is 6.20 Å². The van der Waals surface area contributed by atoms with E-state index in [4.69, 9.17) is 4.74 Å². The number of aryl methyl sites for hydroxylation is 1. The quantitative estimate of drug-likeness (QED) is 0.768. The highest BCUT2D eigenvalue weighted by atomic mass is 16.5. The van der Waals surface area contributed by atoms with E-state index in [1.165, 1.54) is 32.1 Å². The average Bonchev–Trinajstić information content (AvgIpc) is 2.40. The smallest absolute Gasteiger partial charge is 0.310 e. The van der Waals surface area contributed by atoms with Crippen molar-refractivity contribution in [2.45, 2.75) is 32.6 Å². The molecular formula is C14H20N2O2. The van der Waals surface area contributed by atoms with E-state index in [9.17, 15) is 4.79 Å². The topological polar surface area (TPSA) is 42.4 Å². The molecule has 0 bridgehead atoms. The van der Waals surface area contributed by atoms with Crippen LogP contribution in [0.2, 0.25) is 0 Å². The molecule has 0 N–H and O–H groups in total. The van der Waals surface area contributed by atoms with Crippen molar-refractivity contribution in [1.82, 2.24) is 4.98 Å². The Morgan fingerprint density at radius 1 is 1.33 bits per heavy atom. The number of piperidine rings is 1. The zero-order chi connectivity index (χ0) is 13.0. The zero-order valence-electron chi connectivity index (χ0n) is 11.1. The van der Waals surface area contributed by atoms with Gasteiger partial charge in [-0.3, -0.25) is 9.78 Å². The van der Waals surface area contributed by atoms with Crippen LogP contribution in [0.4, 0.5) is 5.69 Å². The van der Waals surface area contributed by atoms with Crippen LogP contribution in [0.1, 0.15) is 30.4 Å². The fourth-order valence-electron chi connectivity index (χ4n) is 2.54. The number of nitrogens with zero attached hydrogens (tertiary/aromatic N) is 2. The molecule has 0 amide bonds. The molecule has 0 aliphatic carbocycles. The van der Waals surface area contributed by atoms with Crippen LogP contribution in [0, 0.1) is 6.92 Å². The van der Waals surface area contributed by atoms with E-state index in [0.29, 0.717) is 6.42 Å². The van der Waals surface area contributed by atoms with E-state index in [2.05, 4.69) is 16.8 Å². The SMILES string of the molecule is COC(=O)Cc1cncc(C)c1N1CCCCC1. The van der Waals surface area contributed by atoms with Crippen LogP contribution >= 0.6 is 0 Å². The molecule has 1 aromatic rings.